The first-order chi connectivity index (χ1) is 9.97. The molecule has 0 atom stereocenters. The number of halogens is 1. The molecule has 2 aromatic rings. The van der Waals surface area contributed by atoms with E-state index in [0.29, 0.717) is 22.3 Å². The van der Waals surface area contributed by atoms with Gasteiger partial charge in [-0.2, -0.15) is 0 Å². The average Bonchev–Trinajstić information content (AvgIpc) is 2.79. The lowest BCUT2D eigenvalue weighted by molar-refractivity contribution is -0.120. The number of carboxylic acid groups (broad SMARTS) is 1. The Kier molecular flexibility index (Phi) is 4.93. The summed E-state index contributed by atoms with van der Waals surface area (Å²) in [4.78, 5) is 27.0. The lowest BCUT2D eigenvalue weighted by Gasteiger charge is -2.05. The third kappa shape index (κ3) is 4.03. The molecule has 0 saturated heterocycles. The lowest BCUT2D eigenvalue weighted by Crippen LogP contribution is -2.24. The van der Waals surface area contributed by atoms with Crippen molar-refractivity contribution in [1.82, 2.24) is 10.3 Å². The third-order valence-corrected chi connectivity index (χ3v) is 4.29. The molecule has 0 unspecified atom stereocenters. The molecular weight excluding hydrogens is 312 g/mol. The second kappa shape index (κ2) is 6.69. The minimum Gasteiger partial charge on any atom is -0.477 e. The van der Waals surface area contributed by atoms with Crippen LogP contribution in [0.2, 0.25) is 5.02 Å². The fourth-order valence-electron chi connectivity index (χ4n) is 1.76. The Morgan fingerprint density at radius 3 is 2.71 bits per heavy atom. The van der Waals surface area contributed by atoms with Crippen LogP contribution < -0.4 is 5.32 Å². The number of hydrogen-bond acceptors (Lipinski definition) is 4. The molecule has 5 nitrogen and oxygen atoms in total. The monoisotopic (exact) mass is 324 g/mol. The Labute approximate surface area is 130 Å². The van der Waals surface area contributed by atoms with Crippen LogP contribution >= 0.6 is 22.9 Å². The number of carbonyl (C=O) groups excluding carboxylic acids is 1. The molecular formula is C14H13ClN2O3S. The van der Waals surface area contributed by atoms with Crippen molar-refractivity contribution in [3.8, 4) is 0 Å². The molecule has 1 aromatic carbocycles. The maximum absolute atomic E-state index is 11.9. The van der Waals surface area contributed by atoms with Gasteiger partial charge < -0.3 is 10.4 Å². The Morgan fingerprint density at radius 1 is 1.38 bits per heavy atom. The van der Waals surface area contributed by atoms with E-state index in [1.165, 1.54) is 0 Å². The standard InChI is InChI=1S/C14H13ClN2O3S/c1-8-13(14(19)20)21-12(17-8)6-11(18)16-7-9-4-2-3-5-10(9)15/h2-5H,6-7H2,1H3,(H,16,18)(H,19,20). The summed E-state index contributed by atoms with van der Waals surface area (Å²) in [6.45, 7) is 1.94. The Bertz CT molecular complexity index is 685. The van der Waals surface area contributed by atoms with E-state index in [0.717, 1.165) is 16.9 Å². The first-order valence-electron chi connectivity index (χ1n) is 6.17. The van der Waals surface area contributed by atoms with Crippen LogP contribution in [0.4, 0.5) is 0 Å². The molecule has 0 radical (unpaired) electrons. The summed E-state index contributed by atoms with van der Waals surface area (Å²) in [5.74, 6) is -1.24. The van der Waals surface area contributed by atoms with Crippen LogP contribution in [0, 0.1) is 6.92 Å². The average molecular weight is 325 g/mol. The van der Waals surface area contributed by atoms with Gasteiger partial charge in [0.25, 0.3) is 0 Å². The third-order valence-electron chi connectivity index (χ3n) is 2.78. The molecule has 0 aliphatic rings. The van der Waals surface area contributed by atoms with E-state index in [-0.39, 0.29) is 17.2 Å². The SMILES string of the molecule is Cc1nc(CC(=O)NCc2ccccc2Cl)sc1C(=O)O. The van der Waals surface area contributed by atoms with Crippen molar-refractivity contribution < 1.29 is 14.7 Å². The van der Waals surface area contributed by atoms with Gasteiger partial charge in [0, 0.05) is 11.6 Å². The highest BCUT2D eigenvalue weighted by Gasteiger charge is 2.15. The van der Waals surface area contributed by atoms with Gasteiger partial charge in [0.2, 0.25) is 5.91 Å². The molecule has 21 heavy (non-hydrogen) atoms. The zero-order chi connectivity index (χ0) is 15.4. The molecule has 1 amide bonds. The number of thiazole rings is 1. The molecule has 7 heteroatoms. The number of hydrogen-bond donors (Lipinski definition) is 2. The number of amides is 1. The van der Waals surface area contributed by atoms with Crippen LogP contribution in [0.5, 0.6) is 0 Å². The molecule has 0 spiro atoms. The topological polar surface area (TPSA) is 79.3 Å². The van der Waals surface area contributed by atoms with E-state index < -0.39 is 5.97 Å². The minimum absolute atomic E-state index is 0.0588. The van der Waals surface area contributed by atoms with E-state index in [9.17, 15) is 9.59 Å². The molecule has 0 bridgehead atoms. The first-order valence-corrected chi connectivity index (χ1v) is 7.36. The summed E-state index contributed by atoms with van der Waals surface area (Å²) in [7, 11) is 0. The van der Waals surface area contributed by atoms with Gasteiger partial charge in [-0.25, -0.2) is 9.78 Å². The maximum atomic E-state index is 11.9. The summed E-state index contributed by atoms with van der Waals surface area (Å²) in [6.07, 6.45) is 0.0588. The summed E-state index contributed by atoms with van der Waals surface area (Å²) in [6, 6.07) is 7.25. The second-order valence-corrected chi connectivity index (χ2v) is 5.86. The second-order valence-electron chi connectivity index (χ2n) is 4.37. The number of carboxylic acids is 1. The predicted octanol–water partition coefficient (Wildman–Crippen LogP) is 2.66. The van der Waals surface area contributed by atoms with Gasteiger partial charge >= 0.3 is 5.97 Å². The zero-order valence-electron chi connectivity index (χ0n) is 11.2. The highest BCUT2D eigenvalue weighted by molar-refractivity contribution is 7.13. The first kappa shape index (κ1) is 15.5. The lowest BCUT2D eigenvalue weighted by atomic mass is 10.2. The molecule has 110 valence electrons. The molecule has 1 heterocycles. The van der Waals surface area contributed by atoms with Crippen molar-refractivity contribution >= 4 is 34.8 Å². The molecule has 0 fully saturated rings. The normalized spacial score (nSPS) is 10.4. The van der Waals surface area contributed by atoms with Crippen LogP contribution in [0.1, 0.15) is 25.9 Å². The molecule has 0 saturated carbocycles. The van der Waals surface area contributed by atoms with E-state index in [1.54, 1.807) is 13.0 Å². The number of nitrogens with zero attached hydrogens (tertiary/aromatic N) is 1. The number of aryl methyl sites for hydroxylation is 1. The van der Waals surface area contributed by atoms with Gasteiger partial charge in [0.15, 0.2) is 0 Å². The van der Waals surface area contributed by atoms with Gasteiger partial charge in [-0.1, -0.05) is 29.8 Å². The fraction of sp³-hybridized carbons (Fsp3) is 0.214. The van der Waals surface area contributed by atoms with Crippen molar-refractivity contribution in [2.24, 2.45) is 0 Å². The van der Waals surface area contributed by atoms with Crippen molar-refractivity contribution in [2.75, 3.05) is 0 Å². The van der Waals surface area contributed by atoms with Gasteiger partial charge in [-0.15, -0.1) is 11.3 Å². The van der Waals surface area contributed by atoms with Crippen molar-refractivity contribution in [1.29, 1.82) is 0 Å². The summed E-state index contributed by atoms with van der Waals surface area (Å²) in [5, 5.41) is 12.8. The van der Waals surface area contributed by atoms with Crippen LogP contribution in [0.3, 0.4) is 0 Å². The van der Waals surface area contributed by atoms with Gasteiger partial charge in [0.1, 0.15) is 9.88 Å². The largest absolute Gasteiger partial charge is 0.477 e. The van der Waals surface area contributed by atoms with Crippen molar-refractivity contribution in [2.45, 2.75) is 19.9 Å². The maximum Gasteiger partial charge on any atom is 0.347 e. The van der Waals surface area contributed by atoms with Crippen LogP contribution in [0.25, 0.3) is 0 Å². The molecule has 1 aromatic heterocycles. The number of rotatable bonds is 5. The summed E-state index contributed by atoms with van der Waals surface area (Å²) >= 11 is 7.02. The molecule has 0 aliphatic carbocycles. The van der Waals surface area contributed by atoms with Gasteiger partial charge in [0.05, 0.1) is 12.1 Å². The molecule has 2 N–H and O–H groups in total. The smallest absolute Gasteiger partial charge is 0.347 e. The number of aromatic nitrogens is 1. The van der Waals surface area contributed by atoms with E-state index in [2.05, 4.69) is 10.3 Å². The summed E-state index contributed by atoms with van der Waals surface area (Å²) in [5.41, 5.74) is 1.26. The van der Waals surface area contributed by atoms with Crippen molar-refractivity contribution in [3.63, 3.8) is 0 Å². The van der Waals surface area contributed by atoms with E-state index in [4.69, 9.17) is 16.7 Å². The minimum atomic E-state index is -1.02. The fourth-order valence-corrected chi connectivity index (χ4v) is 2.87. The number of nitrogens with one attached hydrogen (secondary N) is 1. The van der Waals surface area contributed by atoms with Crippen molar-refractivity contribution in [3.05, 3.63) is 50.4 Å². The van der Waals surface area contributed by atoms with Crippen LogP contribution in [-0.4, -0.2) is 22.0 Å². The Balaban J connectivity index is 1.95. The van der Waals surface area contributed by atoms with Gasteiger partial charge in [-0.3, -0.25) is 4.79 Å². The zero-order valence-corrected chi connectivity index (χ0v) is 12.8. The highest BCUT2D eigenvalue weighted by Crippen LogP contribution is 2.18. The van der Waals surface area contributed by atoms with E-state index in [1.807, 2.05) is 18.2 Å². The molecule has 0 aliphatic heterocycles. The number of aromatic carboxylic acids is 1. The summed E-state index contributed by atoms with van der Waals surface area (Å²) < 4.78 is 0. The quantitative estimate of drug-likeness (QED) is 0.886. The number of benzene rings is 1. The van der Waals surface area contributed by atoms with E-state index >= 15 is 0 Å². The molecule has 2 rings (SSSR count). The van der Waals surface area contributed by atoms with Crippen LogP contribution in [0.15, 0.2) is 24.3 Å². The van der Waals surface area contributed by atoms with Crippen LogP contribution in [-0.2, 0) is 17.8 Å². The highest BCUT2D eigenvalue weighted by atomic mass is 35.5. The van der Waals surface area contributed by atoms with Gasteiger partial charge in [-0.05, 0) is 18.6 Å². The predicted molar refractivity (Wildman–Crippen MR) is 80.8 cm³/mol. The Morgan fingerprint density at radius 2 is 2.10 bits per heavy atom. The number of carbonyl (C=O) groups is 2. The Hall–Kier alpha value is -1.92.